The largest absolute Gasteiger partial charge is 0.325 e. The first-order valence-electron chi connectivity index (χ1n) is 6.02. The van der Waals surface area contributed by atoms with Gasteiger partial charge in [0.1, 0.15) is 0 Å². The lowest BCUT2D eigenvalue weighted by Crippen LogP contribution is -2.21. The molecule has 0 fully saturated rings. The Bertz CT molecular complexity index is 629. The van der Waals surface area contributed by atoms with Crippen LogP contribution in [0.25, 0.3) is 0 Å². The number of amides is 1. The van der Waals surface area contributed by atoms with Gasteiger partial charge in [0.15, 0.2) is 0 Å². The predicted molar refractivity (Wildman–Crippen MR) is 87.7 cm³/mol. The van der Waals surface area contributed by atoms with Crippen molar-refractivity contribution in [3.8, 4) is 0 Å². The number of carbonyl (C=O) groups is 1. The number of carbonyl (C=O) groups excluding carboxylic acids is 1. The van der Waals surface area contributed by atoms with Gasteiger partial charge in [-0.15, -0.1) is 11.8 Å². The van der Waals surface area contributed by atoms with Crippen LogP contribution in [0, 0.1) is 3.57 Å². The first-order chi connectivity index (χ1) is 9.24. The fourth-order valence-electron chi connectivity index (χ4n) is 2.18. The Balaban J connectivity index is 1.79. The Hall–Kier alpha value is -1.01. The molecule has 3 rings (SSSR count). The molecule has 4 heteroatoms. The van der Waals surface area contributed by atoms with E-state index in [0.29, 0.717) is 0 Å². The van der Waals surface area contributed by atoms with Gasteiger partial charge in [-0.1, -0.05) is 24.3 Å². The van der Waals surface area contributed by atoms with Crippen molar-refractivity contribution < 1.29 is 4.79 Å². The van der Waals surface area contributed by atoms with Gasteiger partial charge in [0.2, 0.25) is 5.91 Å². The smallest absolute Gasteiger partial charge is 0.232 e. The minimum absolute atomic E-state index is 0.0425. The van der Waals surface area contributed by atoms with Crippen LogP contribution in [0.1, 0.15) is 11.5 Å². The highest BCUT2D eigenvalue weighted by Gasteiger charge is 2.28. The molecule has 1 N–H and O–H groups in total. The van der Waals surface area contributed by atoms with E-state index in [2.05, 4.69) is 34.0 Å². The highest BCUT2D eigenvalue weighted by Crippen LogP contribution is 2.39. The van der Waals surface area contributed by atoms with Crippen LogP contribution in [0.4, 0.5) is 5.69 Å². The van der Waals surface area contributed by atoms with Crippen LogP contribution < -0.4 is 5.32 Å². The summed E-state index contributed by atoms with van der Waals surface area (Å²) in [6.07, 6.45) is 0. The monoisotopic (exact) mass is 381 g/mol. The highest BCUT2D eigenvalue weighted by molar-refractivity contribution is 14.1. The summed E-state index contributed by atoms with van der Waals surface area (Å²) in [4.78, 5) is 13.6. The number of anilines is 1. The van der Waals surface area contributed by atoms with Crippen LogP contribution in [-0.2, 0) is 4.79 Å². The molecule has 0 saturated heterocycles. The lowest BCUT2D eigenvalue weighted by atomic mass is 10.0. The fourth-order valence-corrected chi connectivity index (χ4v) is 3.95. The second kappa shape index (κ2) is 5.54. The van der Waals surface area contributed by atoms with Gasteiger partial charge < -0.3 is 5.32 Å². The summed E-state index contributed by atoms with van der Waals surface area (Å²) in [5.74, 6) is 0.869. The summed E-state index contributed by atoms with van der Waals surface area (Å²) in [6.45, 7) is 0. The molecule has 0 aromatic heterocycles. The van der Waals surface area contributed by atoms with Gasteiger partial charge in [-0.05, 0) is 52.4 Å². The molecule has 2 aromatic rings. The number of halogens is 1. The van der Waals surface area contributed by atoms with Gasteiger partial charge in [-0.3, -0.25) is 4.79 Å². The Morgan fingerprint density at radius 3 is 2.89 bits per heavy atom. The molecule has 1 unspecified atom stereocenters. The highest BCUT2D eigenvalue weighted by atomic mass is 127. The van der Waals surface area contributed by atoms with E-state index in [1.807, 2.05) is 42.5 Å². The summed E-state index contributed by atoms with van der Waals surface area (Å²) in [5, 5.41) is 3.01. The molecule has 1 aliphatic heterocycles. The summed E-state index contributed by atoms with van der Waals surface area (Å²) in [6, 6.07) is 16.0. The lowest BCUT2D eigenvalue weighted by molar-refractivity contribution is -0.117. The summed E-state index contributed by atoms with van der Waals surface area (Å²) < 4.78 is 1.12. The maximum absolute atomic E-state index is 12.4. The van der Waals surface area contributed by atoms with E-state index in [-0.39, 0.29) is 11.8 Å². The van der Waals surface area contributed by atoms with Crippen molar-refractivity contribution in [1.82, 2.24) is 0 Å². The molecule has 19 heavy (non-hydrogen) atoms. The SMILES string of the molecule is O=C(Nc1cccc(I)c1)C1CSc2ccccc21. The zero-order valence-corrected chi connectivity index (χ0v) is 13.1. The average Bonchev–Trinajstić information content (AvgIpc) is 2.82. The van der Waals surface area contributed by atoms with Crippen molar-refractivity contribution in [3.05, 3.63) is 57.7 Å². The maximum Gasteiger partial charge on any atom is 0.232 e. The van der Waals surface area contributed by atoms with Gasteiger partial charge in [0.25, 0.3) is 0 Å². The van der Waals surface area contributed by atoms with E-state index in [9.17, 15) is 4.79 Å². The predicted octanol–water partition coefficient (Wildman–Crippen LogP) is 4.12. The van der Waals surface area contributed by atoms with Crippen LogP contribution in [0.5, 0.6) is 0 Å². The molecule has 0 radical (unpaired) electrons. The molecule has 0 spiro atoms. The van der Waals surface area contributed by atoms with Gasteiger partial charge in [0.05, 0.1) is 5.92 Å². The number of benzene rings is 2. The average molecular weight is 381 g/mol. The number of rotatable bonds is 2. The molecule has 1 amide bonds. The summed E-state index contributed by atoms with van der Waals surface area (Å²) >= 11 is 4.00. The Labute approximate surface area is 130 Å². The van der Waals surface area contributed by atoms with E-state index in [1.54, 1.807) is 11.8 Å². The number of fused-ring (bicyclic) bond motifs is 1. The van der Waals surface area contributed by atoms with Crippen molar-refractivity contribution in [2.24, 2.45) is 0 Å². The van der Waals surface area contributed by atoms with Gasteiger partial charge in [0, 0.05) is 19.9 Å². The van der Waals surface area contributed by atoms with Crippen LogP contribution in [0.3, 0.4) is 0 Å². The molecule has 2 aromatic carbocycles. The Morgan fingerprint density at radius 2 is 2.05 bits per heavy atom. The molecule has 2 nitrogen and oxygen atoms in total. The van der Waals surface area contributed by atoms with Crippen LogP contribution in [0.2, 0.25) is 0 Å². The van der Waals surface area contributed by atoms with Crippen LogP contribution in [0.15, 0.2) is 53.4 Å². The van der Waals surface area contributed by atoms with Crippen molar-refractivity contribution in [2.75, 3.05) is 11.1 Å². The standard InChI is InChI=1S/C15H12INOS/c16-10-4-3-5-11(8-10)17-15(18)13-9-19-14-7-2-1-6-12(13)14/h1-8,13H,9H2,(H,17,18). The first kappa shape index (κ1) is 13.0. The third kappa shape index (κ3) is 2.79. The molecule has 1 aliphatic rings. The van der Waals surface area contributed by atoms with Gasteiger partial charge in [-0.25, -0.2) is 0 Å². The van der Waals surface area contributed by atoms with Crippen molar-refractivity contribution in [1.29, 1.82) is 0 Å². The fraction of sp³-hybridized carbons (Fsp3) is 0.133. The minimum Gasteiger partial charge on any atom is -0.325 e. The molecule has 1 atom stereocenters. The Kier molecular flexibility index (Phi) is 3.79. The third-order valence-electron chi connectivity index (χ3n) is 3.11. The van der Waals surface area contributed by atoms with E-state index >= 15 is 0 Å². The second-order valence-corrected chi connectivity index (χ2v) is 6.71. The number of hydrogen-bond donors (Lipinski definition) is 1. The Morgan fingerprint density at radius 1 is 1.21 bits per heavy atom. The van der Waals surface area contributed by atoms with E-state index in [1.165, 1.54) is 4.90 Å². The lowest BCUT2D eigenvalue weighted by Gasteiger charge is -2.11. The molecular formula is C15H12INOS. The quantitative estimate of drug-likeness (QED) is 0.793. The van der Waals surface area contributed by atoms with E-state index < -0.39 is 0 Å². The third-order valence-corrected chi connectivity index (χ3v) is 4.96. The van der Waals surface area contributed by atoms with Crippen molar-refractivity contribution >= 4 is 45.9 Å². The van der Waals surface area contributed by atoms with Crippen molar-refractivity contribution in [2.45, 2.75) is 10.8 Å². The molecule has 0 bridgehead atoms. The molecule has 0 saturated carbocycles. The van der Waals surface area contributed by atoms with Gasteiger partial charge in [-0.2, -0.15) is 0 Å². The zero-order valence-electron chi connectivity index (χ0n) is 10.1. The molecule has 1 heterocycles. The first-order valence-corrected chi connectivity index (χ1v) is 8.08. The number of thioether (sulfide) groups is 1. The number of nitrogens with one attached hydrogen (secondary N) is 1. The summed E-state index contributed by atoms with van der Waals surface area (Å²) in [5.41, 5.74) is 2.02. The molecule has 0 aliphatic carbocycles. The maximum atomic E-state index is 12.4. The van der Waals surface area contributed by atoms with Crippen LogP contribution >= 0.6 is 34.4 Å². The van der Waals surface area contributed by atoms with Crippen molar-refractivity contribution in [3.63, 3.8) is 0 Å². The number of hydrogen-bond acceptors (Lipinski definition) is 2. The molecular weight excluding hydrogens is 369 g/mol. The molecule has 96 valence electrons. The van der Waals surface area contributed by atoms with Gasteiger partial charge >= 0.3 is 0 Å². The minimum atomic E-state index is -0.0425. The topological polar surface area (TPSA) is 29.1 Å². The van der Waals surface area contributed by atoms with E-state index in [4.69, 9.17) is 0 Å². The van der Waals surface area contributed by atoms with E-state index in [0.717, 1.165) is 20.6 Å². The normalized spacial score (nSPS) is 17.0. The second-order valence-electron chi connectivity index (χ2n) is 4.40. The zero-order chi connectivity index (χ0) is 13.2. The van der Waals surface area contributed by atoms with Crippen LogP contribution in [-0.4, -0.2) is 11.7 Å². The summed E-state index contributed by atoms with van der Waals surface area (Å²) in [7, 11) is 0.